The number of halogens is 1. The molecule has 0 spiro atoms. The van der Waals surface area contributed by atoms with Crippen molar-refractivity contribution in [2.75, 3.05) is 0 Å². The van der Waals surface area contributed by atoms with Gasteiger partial charge < -0.3 is 9.15 Å². The van der Waals surface area contributed by atoms with E-state index in [4.69, 9.17) is 20.8 Å². The first kappa shape index (κ1) is 19.3. The standard InChI is InChI=1S/C25H21ClO3/c1-25(2,3)19-8-4-17(5-9-19)23-15-18(24(27)29-23)14-21-12-13-22(28-21)16-6-10-20(26)11-7-16/h4-15H,1-3H3/b18-14+. The quantitative estimate of drug-likeness (QED) is 0.353. The lowest BCUT2D eigenvalue weighted by Gasteiger charge is -2.19. The molecule has 2 heterocycles. The highest BCUT2D eigenvalue weighted by molar-refractivity contribution is 6.30. The number of esters is 1. The van der Waals surface area contributed by atoms with E-state index in [0.29, 0.717) is 27.9 Å². The van der Waals surface area contributed by atoms with Crippen molar-refractivity contribution < 1.29 is 13.9 Å². The van der Waals surface area contributed by atoms with E-state index >= 15 is 0 Å². The lowest BCUT2D eigenvalue weighted by atomic mass is 9.86. The largest absolute Gasteiger partial charge is 0.457 e. The molecule has 0 N–H and O–H groups in total. The van der Waals surface area contributed by atoms with Gasteiger partial charge in [0.15, 0.2) is 0 Å². The van der Waals surface area contributed by atoms with E-state index in [0.717, 1.165) is 11.1 Å². The lowest BCUT2D eigenvalue weighted by Crippen LogP contribution is -2.10. The molecule has 0 saturated carbocycles. The Hall–Kier alpha value is -3.04. The number of rotatable bonds is 3. The topological polar surface area (TPSA) is 39.4 Å². The van der Waals surface area contributed by atoms with Gasteiger partial charge in [0.05, 0.1) is 5.57 Å². The summed E-state index contributed by atoms with van der Waals surface area (Å²) in [4.78, 5) is 12.3. The van der Waals surface area contributed by atoms with Gasteiger partial charge in [-0.2, -0.15) is 0 Å². The molecule has 0 unspecified atom stereocenters. The predicted molar refractivity (Wildman–Crippen MR) is 116 cm³/mol. The molecule has 4 rings (SSSR count). The van der Waals surface area contributed by atoms with Crippen LogP contribution in [-0.2, 0) is 14.9 Å². The summed E-state index contributed by atoms with van der Waals surface area (Å²) in [5.41, 5.74) is 3.55. The molecule has 0 bridgehead atoms. The molecule has 0 radical (unpaired) electrons. The summed E-state index contributed by atoms with van der Waals surface area (Å²) in [5.74, 6) is 1.46. The van der Waals surface area contributed by atoms with Crippen LogP contribution in [0, 0.1) is 0 Å². The molecule has 1 aliphatic heterocycles. The minimum Gasteiger partial charge on any atom is -0.457 e. The van der Waals surface area contributed by atoms with Crippen LogP contribution < -0.4 is 0 Å². The number of furan rings is 1. The number of hydrogen-bond donors (Lipinski definition) is 0. The Morgan fingerprint density at radius 2 is 1.52 bits per heavy atom. The molecule has 1 aliphatic rings. The van der Waals surface area contributed by atoms with E-state index < -0.39 is 0 Å². The Balaban J connectivity index is 1.57. The predicted octanol–water partition coefficient (Wildman–Crippen LogP) is 6.88. The van der Waals surface area contributed by atoms with Crippen molar-refractivity contribution in [3.8, 4) is 11.3 Å². The normalized spacial score (nSPS) is 15.5. The average Bonchev–Trinajstić information content (AvgIpc) is 3.29. The second-order valence-electron chi connectivity index (χ2n) is 8.03. The summed E-state index contributed by atoms with van der Waals surface area (Å²) in [6, 6.07) is 19.2. The van der Waals surface area contributed by atoms with Gasteiger partial charge in [-0.3, -0.25) is 0 Å². The maximum atomic E-state index is 12.3. The summed E-state index contributed by atoms with van der Waals surface area (Å²) >= 11 is 5.93. The van der Waals surface area contributed by atoms with E-state index in [9.17, 15) is 4.79 Å². The Kier molecular flexibility index (Phi) is 4.93. The second kappa shape index (κ2) is 7.41. The van der Waals surface area contributed by atoms with Crippen molar-refractivity contribution in [1.82, 2.24) is 0 Å². The molecule has 3 aromatic rings. The summed E-state index contributed by atoms with van der Waals surface area (Å²) in [6.45, 7) is 6.50. The molecule has 0 fully saturated rings. The van der Waals surface area contributed by atoms with Crippen molar-refractivity contribution in [1.29, 1.82) is 0 Å². The number of carbonyl (C=O) groups excluding carboxylic acids is 1. The summed E-state index contributed by atoms with van der Waals surface area (Å²) < 4.78 is 11.3. The van der Waals surface area contributed by atoms with Crippen LogP contribution in [0.1, 0.15) is 37.7 Å². The maximum Gasteiger partial charge on any atom is 0.343 e. The fourth-order valence-corrected chi connectivity index (χ4v) is 3.24. The number of hydrogen-bond acceptors (Lipinski definition) is 3. The Morgan fingerprint density at radius 1 is 0.862 bits per heavy atom. The number of carbonyl (C=O) groups is 1. The number of ether oxygens (including phenoxy) is 1. The molecule has 1 aromatic heterocycles. The first-order chi connectivity index (χ1) is 13.8. The van der Waals surface area contributed by atoms with Crippen LogP contribution in [0.4, 0.5) is 0 Å². The third-order valence-corrected chi connectivity index (χ3v) is 5.07. The Bertz CT molecular complexity index is 1110. The van der Waals surface area contributed by atoms with Crippen LogP contribution in [0.3, 0.4) is 0 Å². The summed E-state index contributed by atoms with van der Waals surface area (Å²) in [7, 11) is 0. The minimum atomic E-state index is -0.385. The van der Waals surface area contributed by atoms with Gasteiger partial charge >= 0.3 is 5.97 Å². The van der Waals surface area contributed by atoms with Gasteiger partial charge in [0.1, 0.15) is 17.3 Å². The van der Waals surface area contributed by atoms with Crippen LogP contribution in [0.2, 0.25) is 5.02 Å². The number of cyclic esters (lactones) is 1. The van der Waals surface area contributed by atoms with Gasteiger partial charge in [-0.15, -0.1) is 0 Å². The van der Waals surface area contributed by atoms with Gasteiger partial charge in [0.2, 0.25) is 0 Å². The van der Waals surface area contributed by atoms with Crippen LogP contribution >= 0.6 is 11.6 Å². The number of benzene rings is 2. The van der Waals surface area contributed by atoms with E-state index in [1.165, 1.54) is 5.56 Å². The van der Waals surface area contributed by atoms with E-state index in [1.54, 1.807) is 12.2 Å². The van der Waals surface area contributed by atoms with Gasteiger partial charge in [-0.05, 0) is 59.5 Å². The van der Waals surface area contributed by atoms with Crippen molar-refractivity contribution in [2.24, 2.45) is 0 Å². The third-order valence-electron chi connectivity index (χ3n) is 4.81. The molecule has 29 heavy (non-hydrogen) atoms. The van der Waals surface area contributed by atoms with Crippen LogP contribution in [-0.4, -0.2) is 5.97 Å². The molecule has 0 aliphatic carbocycles. The van der Waals surface area contributed by atoms with Gasteiger partial charge in [-0.25, -0.2) is 4.79 Å². The van der Waals surface area contributed by atoms with Gasteiger partial charge in [0, 0.05) is 16.1 Å². The SMILES string of the molecule is CC(C)(C)c1ccc(C2=C/C(=C\c3ccc(-c4ccc(Cl)cc4)o3)C(=O)O2)cc1. The molecule has 3 nitrogen and oxygen atoms in total. The fourth-order valence-electron chi connectivity index (χ4n) is 3.12. The zero-order valence-electron chi connectivity index (χ0n) is 16.5. The van der Waals surface area contributed by atoms with Gasteiger partial charge in [-0.1, -0.05) is 56.6 Å². The van der Waals surface area contributed by atoms with Crippen LogP contribution in [0.25, 0.3) is 23.2 Å². The Morgan fingerprint density at radius 3 is 2.17 bits per heavy atom. The monoisotopic (exact) mass is 404 g/mol. The molecule has 0 saturated heterocycles. The molecule has 0 atom stereocenters. The van der Waals surface area contributed by atoms with Gasteiger partial charge in [0.25, 0.3) is 0 Å². The minimum absolute atomic E-state index is 0.0748. The van der Waals surface area contributed by atoms with Crippen molar-refractivity contribution >= 4 is 29.4 Å². The first-order valence-corrected chi connectivity index (χ1v) is 9.80. The van der Waals surface area contributed by atoms with Crippen LogP contribution in [0.5, 0.6) is 0 Å². The zero-order valence-corrected chi connectivity index (χ0v) is 17.3. The van der Waals surface area contributed by atoms with Crippen molar-refractivity contribution in [2.45, 2.75) is 26.2 Å². The molecular formula is C25H21ClO3. The van der Waals surface area contributed by atoms with E-state index in [1.807, 2.05) is 48.5 Å². The third kappa shape index (κ3) is 4.20. The lowest BCUT2D eigenvalue weighted by molar-refractivity contribution is -0.130. The summed E-state index contributed by atoms with van der Waals surface area (Å²) in [6.07, 6.45) is 3.44. The van der Waals surface area contributed by atoms with Crippen molar-refractivity contribution in [3.63, 3.8) is 0 Å². The molecular weight excluding hydrogens is 384 g/mol. The zero-order chi connectivity index (χ0) is 20.6. The van der Waals surface area contributed by atoms with Crippen molar-refractivity contribution in [3.05, 3.63) is 94.2 Å². The fraction of sp³-hybridized carbons (Fsp3) is 0.160. The molecule has 0 amide bonds. The highest BCUT2D eigenvalue weighted by Gasteiger charge is 2.23. The average molecular weight is 405 g/mol. The van der Waals surface area contributed by atoms with Crippen LogP contribution in [0.15, 0.2) is 76.7 Å². The first-order valence-electron chi connectivity index (χ1n) is 9.42. The second-order valence-corrected chi connectivity index (χ2v) is 8.47. The highest BCUT2D eigenvalue weighted by Crippen LogP contribution is 2.31. The smallest absolute Gasteiger partial charge is 0.343 e. The molecule has 4 heteroatoms. The Labute approximate surface area is 175 Å². The summed E-state index contributed by atoms with van der Waals surface area (Å²) in [5, 5.41) is 0.671. The van der Waals surface area contributed by atoms with E-state index in [-0.39, 0.29) is 11.4 Å². The van der Waals surface area contributed by atoms with E-state index in [2.05, 4.69) is 32.9 Å². The highest BCUT2D eigenvalue weighted by atomic mass is 35.5. The maximum absolute atomic E-state index is 12.3. The molecule has 146 valence electrons. The molecule has 2 aromatic carbocycles.